The fourth-order valence-electron chi connectivity index (χ4n) is 1.89. The zero-order valence-corrected chi connectivity index (χ0v) is 9.84. The molecule has 1 fully saturated rings. The minimum absolute atomic E-state index is 0.0468. The van der Waals surface area contributed by atoms with E-state index in [4.69, 9.17) is 0 Å². The van der Waals surface area contributed by atoms with E-state index in [2.05, 4.69) is 15.5 Å². The number of rotatable bonds is 1. The quantitative estimate of drug-likeness (QED) is 0.725. The van der Waals surface area contributed by atoms with Crippen LogP contribution < -0.4 is 5.32 Å². The van der Waals surface area contributed by atoms with E-state index in [9.17, 15) is 4.79 Å². The van der Waals surface area contributed by atoms with Crippen LogP contribution in [0.3, 0.4) is 0 Å². The molecule has 1 aliphatic heterocycles. The summed E-state index contributed by atoms with van der Waals surface area (Å²) in [5.41, 5.74) is 2.50. The van der Waals surface area contributed by atoms with Gasteiger partial charge in [-0.05, 0) is 26.8 Å². The Morgan fingerprint density at radius 2 is 2.12 bits per heavy atom. The molecule has 0 atom stereocenters. The summed E-state index contributed by atoms with van der Waals surface area (Å²) in [6.45, 7) is 7.31. The third kappa shape index (κ3) is 2.09. The van der Waals surface area contributed by atoms with Crippen molar-refractivity contribution in [2.24, 2.45) is 0 Å². The van der Waals surface area contributed by atoms with Crippen LogP contribution in [0.2, 0.25) is 0 Å². The van der Waals surface area contributed by atoms with Gasteiger partial charge in [-0.3, -0.25) is 9.89 Å². The summed E-state index contributed by atoms with van der Waals surface area (Å²) >= 11 is 0. The number of hydrogen-bond donors (Lipinski definition) is 2. The lowest BCUT2D eigenvalue weighted by atomic mass is 10.2. The molecule has 0 radical (unpaired) electrons. The molecule has 2 heterocycles. The van der Waals surface area contributed by atoms with Crippen LogP contribution in [0.4, 0.5) is 0 Å². The molecule has 0 bridgehead atoms. The van der Waals surface area contributed by atoms with E-state index in [-0.39, 0.29) is 5.91 Å². The molecule has 0 saturated carbocycles. The normalized spacial score (nSPS) is 17.2. The Morgan fingerprint density at radius 3 is 2.81 bits per heavy atom. The predicted molar refractivity (Wildman–Crippen MR) is 61.5 cm³/mol. The Morgan fingerprint density at radius 1 is 1.31 bits per heavy atom. The maximum absolute atomic E-state index is 12.2. The van der Waals surface area contributed by atoms with Gasteiger partial charge >= 0.3 is 0 Å². The van der Waals surface area contributed by atoms with Crippen LogP contribution >= 0.6 is 0 Å². The third-order valence-corrected chi connectivity index (χ3v) is 3.08. The SMILES string of the molecule is Cc1[nH]nc(C(=O)N2CCCNCC2)c1C. The van der Waals surface area contributed by atoms with Crippen LogP contribution in [0.15, 0.2) is 0 Å². The molecule has 16 heavy (non-hydrogen) atoms. The zero-order chi connectivity index (χ0) is 11.5. The van der Waals surface area contributed by atoms with Crippen molar-refractivity contribution in [3.05, 3.63) is 17.0 Å². The van der Waals surface area contributed by atoms with Crippen molar-refractivity contribution < 1.29 is 4.79 Å². The highest BCUT2D eigenvalue weighted by atomic mass is 16.2. The van der Waals surface area contributed by atoms with E-state index < -0.39 is 0 Å². The Bertz CT molecular complexity index is 377. The fourth-order valence-corrected chi connectivity index (χ4v) is 1.89. The summed E-state index contributed by atoms with van der Waals surface area (Å²) in [5, 5.41) is 10.2. The summed E-state index contributed by atoms with van der Waals surface area (Å²) in [5.74, 6) is 0.0468. The topological polar surface area (TPSA) is 61.0 Å². The summed E-state index contributed by atoms with van der Waals surface area (Å²) in [7, 11) is 0. The lowest BCUT2D eigenvalue weighted by Gasteiger charge is -2.18. The maximum atomic E-state index is 12.2. The summed E-state index contributed by atoms with van der Waals surface area (Å²) in [6, 6.07) is 0. The number of nitrogens with one attached hydrogen (secondary N) is 2. The number of nitrogens with zero attached hydrogens (tertiary/aromatic N) is 2. The number of aromatic amines is 1. The van der Waals surface area contributed by atoms with Crippen molar-refractivity contribution in [1.29, 1.82) is 0 Å². The second-order valence-electron chi connectivity index (χ2n) is 4.22. The van der Waals surface area contributed by atoms with Gasteiger partial charge in [-0.2, -0.15) is 5.10 Å². The van der Waals surface area contributed by atoms with E-state index in [1.165, 1.54) is 0 Å². The standard InChI is InChI=1S/C11H18N4O/c1-8-9(2)13-14-10(8)11(16)15-6-3-4-12-5-7-15/h12H,3-7H2,1-2H3,(H,13,14). The molecule has 1 aromatic heterocycles. The van der Waals surface area contributed by atoms with Crippen molar-refractivity contribution in [2.45, 2.75) is 20.3 Å². The highest BCUT2D eigenvalue weighted by Gasteiger charge is 2.21. The van der Waals surface area contributed by atoms with Crippen LogP contribution in [0, 0.1) is 13.8 Å². The van der Waals surface area contributed by atoms with Gasteiger partial charge in [0.1, 0.15) is 0 Å². The summed E-state index contributed by atoms with van der Waals surface area (Å²) < 4.78 is 0. The van der Waals surface area contributed by atoms with Gasteiger partial charge in [-0.25, -0.2) is 0 Å². The second kappa shape index (κ2) is 4.65. The van der Waals surface area contributed by atoms with Gasteiger partial charge in [0, 0.05) is 30.9 Å². The summed E-state index contributed by atoms with van der Waals surface area (Å²) in [4.78, 5) is 14.1. The van der Waals surface area contributed by atoms with E-state index in [0.29, 0.717) is 5.69 Å². The highest BCUT2D eigenvalue weighted by molar-refractivity contribution is 5.93. The molecule has 1 amide bonds. The van der Waals surface area contributed by atoms with Crippen LogP contribution in [-0.2, 0) is 0 Å². The first-order chi connectivity index (χ1) is 7.70. The highest BCUT2D eigenvalue weighted by Crippen LogP contribution is 2.11. The summed E-state index contributed by atoms with van der Waals surface area (Å²) in [6.07, 6.45) is 1.01. The van der Waals surface area contributed by atoms with E-state index in [1.807, 2.05) is 18.7 Å². The number of H-pyrrole nitrogens is 1. The molecule has 5 heteroatoms. The number of carbonyl (C=O) groups excluding carboxylic acids is 1. The van der Waals surface area contributed by atoms with E-state index >= 15 is 0 Å². The van der Waals surface area contributed by atoms with Crippen LogP contribution in [-0.4, -0.2) is 47.2 Å². The van der Waals surface area contributed by atoms with E-state index in [0.717, 1.165) is 43.9 Å². The van der Waals surface area contributed by atoms with Gasteiger partial charge in [-0.1, -0.05) is 0 Å². The van der Waals surface area contributed by atoms with Crippen molar-refractivity contribution in [3.8, 4) is 0 Å². The molecule has 0 aliphatic carbocycles. The maximum Gasteiger partial charge on any atom is 0.274 e. The largest absolute Gasteiger partial charge is 0.336 e. The molecule has 2 N–H and O–H groups in total. The molecule has 2 rings (SSSR count). The molecular weight excluding hydrogens is 204 g/mol. The smallest absolute Gasteiger partial charge is 0.274 e. The lowest BCUT2D eigenvalue weighted by molar-refractivity contribution is 0.0759. The molecular formula is C11H18N4O. The minimum Gasteiger partial charge on any atom is -0.336 e. The predicted octanol–water partition coefficient (Wildman–Crippen LogP) is 0.462. The van der Waals surface area contributed by atoms with Gasteiger partial charge in [0.2, 0.25) is 0 Å². The Balaban J connectivity index is 2.14. The molecule has 0 aromatic carbocycles. The lowest BCUT2D eigenvalue weighted by Crippen LogP contribution is -2.34. The average Bonchev–Trinajstić information content (AvgIpc) is 2.53. The second-order valence-corrected chi connectivity index (χ2v) is 4.22. The average molecular weight is 222 g/mol. The first-order valence-electron chi connectivity index (χ1n) is 5.71. The Labute approximate surface area is 95.2 Å². The number of aromatic nitrogens is 2. The molecule has 1 aromatic rings. The van der Waals surface area contributed by atoms with Gasteiger partial charge in [-0.15, -0.1) is 0 Å². The fraction of sp³-hybridized carbons (Fsp3) is 0.636. The van der Waals surface area contributed by atoms with Gasteiger partial charge in [0.05, 0.1) is 0 Å². The molecule has 0 spiro atoms. The number of aryl methyl sites for hydroxylation is 1. The van der Waals surface area contributed by atoms with Gasteiger partial charge < -0.3 is 10.2 Å². The molecule has 0 unspecified atom stereocenters. The Kier molecular flexibility index (Phi) is 3.24. The van der Waals surface area contributed by atoms with E-state index in [1.54, 1.807) is 0 Å². The van der Waals surface area contributed by atoms with Crippen molar-refractivity contribution in [1.82, 2.24) is 20.4 Å². The molecule has 1 aliphatic rings. The number of amides is 1. The first kappa shape index (κ1) is 11.1. The first-order valence-corrected chi connectivity index (χ1v) is 5.71. The van der Waals surface area contributed by atoms with Crippen molar-refractivity contribution >= 4 is 5.91 Å². The zero-order valence-electron chi connectivity index (χ0n) is 9.84. The number of carbonyl (C=O) groups is 1. The number of hydrogen-bond acceptors (Lipinski definition) is 3. The minimum atomic E-state index is 0.0468. The van der Waals surface area contributed by atoms with Crippen LogP contribution in [0.5, 0.6) is 0 Å². The molecule has 88 valence electrons. The monoisotopic (exact) mass is 222 g/mol. The van der Waals surface area contributed by atoms with Crippen molar-refractivity contribution in [3.63, 3.8) is 0 Å². The molecule has 5 nitrogen and oxygen atoms in total. The van der Waals surface area contributed by atoms with Gasteiger partial charge in [0.15, 0.2) is 5.69 Å². The third-order valence-electron chi connectivity index (χ3n) is 3.08. The van der Waals surface area contributed by atoms with Crippen LogP contribution in [0.25, 0.3) is 0 Å². The Hall–Kier alpha value is -1.36. The van der Waals surface area contributed by atoms with Crippen LogP contribution in [0.1, 0.15) is 28.2 Å². The van der Waals surface area contributed by atoms with Gasteiger partial charge in [0.25, 0.3) is 5.91 Å². The van der Waals surface area contributed by atoms with Crippen molar-refractivity contribution in [2.75, 3.05) is 26.2 Å². The molecule has 1 saturated heterocycles.